The molecule has 0 spiro atoms. The van der Waals surface area contributed by atoms with Crippen molar-refractivity contribution >= 4 is 0 Å². The second-order valence-corrected chi connectivity index (χ2v) is 3.72. The van der Waals surface area contributed by atoms with Crippen molar-refractivity contribution in [1.82, 2.24) is 0 Å². The van der Waals surface area contributed by atoms with E-state index in [1.165, 1.54) is 0 Å². The highest BCUT2D eigenvalue weighted by Gasteiger charge is 2.69. The lowest BCUT2D eigenvalue weighted by atomic mass is 9.80. The fourth-order valence-corrected chi connectivity index (χ4v) is 1.92. The SMILES string of the molecule is OCC1(C(F)(F)C(F)(F)F)CCCC1. The summed E-state index contributed by atoms with van der Waals surface area (Å²) in [6.07, 6.45) is -5.48. The van der Waals surface area contributed by atoms with Gasteiger partial charge in [0.1, 0.15) is 0 Å². The van der Waals surface area contributed by atoms with E-state index in [0.29, 0.717) is 12.8 Å². The van der Waals surface area contributed by atoms with Gasteiger partial charge < -0.3 is 5.11 Å². The van der Waals surface area contributed by atoms with Gasteiger partial charge in [-0.15, -0.1) is 0 Å². The van der Waals surface area contributed by atoms with Gasteiger partial charge in [-0.1, -0.05) is 12.8 Å². The second kappa shape index (κ2) is 3.32. The van der Waals surface area contributed by atoms with Gasteiger partial charge in [-0.25, -0.2) is 0 Å². The summed E-state index contributed by atoms with van der Waals surface area (Å²) in [6.45, 7) is -1.11. The molecule has 1 rings (SSSR count). The molecule has 0 aromatic heterocycles. The first-order valence-corrected chi connectivity index (χ1v) is 4.32. The molecular weight excluding hydrogens is 207 g/mol. The molecule has 0 unspecified atom stereocenters. The maximum Gasteiger partial charge on any atom is 0.453 e. The van der Waals surface area contributed by atoms with Gasteiger partial charge in [0.25, 0.3) is 0 Å². The maximum absolute atomic E-state index is 13.0. The Morgan fingerprint density at radius 3 is 1.71 bits per heavy atom. The molecule has 1 N–H and O–H groups in total. The van der Waals surface area contributed by atoms with E-state index < -0.39 is 24.1 Å². The lowest BCUT2D eigenvalue weighted by molar-refractivity contribution is -0.330. The van der Waals surface area contributed by atoms with E-state index in [4.69, 9.17) is 5.11 Å². The third-order valence-electron chi connectivity index (χ3n) is 2.89. The van der Waals surface area contributed by atoms with Gasteiger partial charge in [0.15, 0.2) is 0 Å². The topological polar surface area (TPSA) is 20.2 Å². The lowest BCUT2D eigenvalue weighted by Gasteiger charge is -2.36. The molecule has 0 heterocycles. The lowest BCUT2D eigenvalue weighted by Crippen LogP contribution is -2.52. The van der Waals surface area contributed by atoms with Crippen LogP contribution in [0, 0.1) is 5.41 Å². The van der Waals surface area contributed by atoms with Crippen molar-refractivity contribution < 1.29 is 27.1 Å². The smallest absolute Gasteiger partial charge is 0.396 e. The summed E-state index contributed by atoms with van der Waals surface area (Å²) in [5, 5.41) is 8.74. The highest BCUT2D eigenvalue weighted by Crippen LogP contribution is 2.55. The zero-order valence-corrected chi connectivity index (χ0v) is 7.37. The van der Waals surface area contributed by atoms with Gasteiger partial charge in [-0.3, -0.25) is 0 Å². The molecule has 14 heavy (non-hydrogen) atoms. The van der Waals surface area contributed by atoms with Crippen molar-refractivity contribution in [2.45, 2.75) is 37.8 Å². The van der Waals surface area contributed by atoms with Crippen LogP contribution in [0.3, 0.4) is 0 Å². The predicted molar refractivity (Wildman–Crippen MR) is 39.0 cm³/mol. The number of hydrogen-bond acceptors (Lipinski definition) is 1. The average Bonchev–Trinajstić information content (AvgIpc) is 2.51. The molecule has 1 nitrogen and oxygen atoms in total. The fourth-order valence-electron chi connectivity index (χ4n) is 1.92. The first-order chi connectivity index (χ1) is 6.27. The Hall–Kier alpha value is -0.390. The first-order valence-electron chi connectivity index (χ1n) is 4.32. The summed E-state index contributed by atoms with van der Waals surface area (Å²) >= 11 is 0. The van der Waals surface area contributed by atoms with E-state index >= 15 is 0 Å². The van der Waals surface area contributed by atoms with Crippen LogP contribution in [0.25, 0.3) is 0 Å². The van der Waals surface area contributed by atoms with E-state index in [9.17, 15) is 22.0 Å². The highest BCUT2D eigenvalue weighted by molar-refractivity contribution is 4.99. The zero-order valence-electron chi connectivity index (χ0n) is 7.37. The van der Waals surface area contributed by atoms with E-state index in [0.717, 1.165) is 0 Å². The third-order valence-corrected chi connectivity index (χ3v) is 2.89. The molecule has 6 heteroatoms. The number of hydrogen-bond donors (Lipinski definition) is 1. The summed E-state index contributed by atoms with van der Waals surface area (Å²) < 4.78 is 62.2. The molecule has 0 aromatic rings. The summed E-state index contributed by atoms with van der Waals surface area (Å²) in [6, 6.07) is 0. The Bertz CT molecular complexity index is 204. The molecule has 0 atom stereocenters. The minimum absolute atomic E-state index is 0.268. The van der Waals surface area contributed by atoms with E-state index in [2.05, 4.69) is 0 Å². The van der Waals surface area contributed by atoms with Gasteiger partial charge in [-0.2, -0.15) is 22.0 Å². The molecule has 84 valence electrons. The third kappa shape index (κ3) is 1.49. The number of alkyl halides is 5. The van der Waals surface area contributed by atoms with E-state index in [1.54, 1.807) is 0 Å². The number of aliphatic hydroxyl groups excluding tert-OH is 1. The zero-order chi connectivity index (χ0) is 11.0. The Kier molecular flexibility index (Phi) is 2.77. The van der Waals surface area contributed by atoms with E-state index in [-0.39, 0.29) is 12.8 Å². The molecule has 0 saturated heterocycles. The molecular formula is C8H11F5O. The molecule has 0 bridgehead atoms. The normalized spacial score (nSPS) is 22.7. The van der Waals surface area contributed by atoms with Gasteiger partial charge in [0, 0.05) is 0 Å². The largest absolute Gasteiger partial charge is 0.453 e. The number of rotatable bonds is 2. The van der Waals surface area contributed by atoms with Gasteiger partial charge >= 0.3 is 12.1 Å². The van der Waals surface area contributed by atoms with Crippen molar-refractivity contribution in [3.05, 3.63) is 0 Å². The first kappa shape index (κ1) is 11.7. The molecule has 0 aliphatic heterocycles. The summed E-state index contributed by atoms with van der Waals surface area (Å²) in [7, 11) is 0. The van der Waals surface area contributed by atoms with Crippen LogP contribution in [-0.4, -0.2) is 23.8 Å². The molecule has 1 saturated carbocycles. The Balaban J connectivity index is 2.99. The van der Waals surface area contributed by atoms with Crippen LogP contribution in [0.2, 0.25) is 0 Å². The number of aliphatic hydroxyl groups is 1. The standard InChI is InChI=1S/C8H11F5O/c9-7(10,8(11,12)13)6(5-14)3-1-2-4-6/h14H,1-5H2. The molecule has 0 amide bonds. The Labute approximate surface area is 77.9 Å². The summed E-state index contributed by atoms with van der Waals surface area (Å²) in [4.78, 5) is 0. The van der Waals surface area contributed by atoms with Crippen molar-refractivity contribution in [2.75, 3.05) is 6.61 Å². The van der Waals surface area contributed by atoms with Gasteiger partial charge in [0.2, 0.25) is 0 Å². The van der Waals surface area contributed by atoms with Gasteiger partial charge in [-0.05, 0) is 12.8 Å². The molecule has 0 radical (unpaired) electrons. The molecule has 1 aliphatic carbocycles. The fraction of sp³-hybridized carbons (Fsp3) is 1.00. The maximum atomic E-state index is 13.0. The van der Waals surface area contributed by atoms with Crippen LogP contribution in [0.1, 0.15) is 25.7 Å². The summed E-state index contributed by atoms with van der Waals surface area (Å²) in [5.41, 5.74) is -2.29. The van der Waals surface area contributed by atoms with E-state index in [1.807, 2.05) is 0 Å². The van der Waals surface area contributed by atoms with Crippen LogP contribution >= 0.6 is 0 Å². The monoisotopic (exact) mass is 218 g/mol. The predicted octanol–water partition coefficient (Wildman–Crippen LogP) is 2.74. The average molecular weight is 218 g/mol. The van der Waals surface area contributed by atoms with Crippen molar-refractivity contribution in [1.29, 1.82) is 0 Å². The van der Waals surface area contributed by atoms with Gasteiger partial charge in [0.05, 0.1) is 12.0 Å². The van der Waals surface area contributed by atoms with Crippen LogP contribution in [-0.2, 0) is 0 Å². The quantitative estimate of drug-likeness (QED) is 0.706. The highest BCUT2D eigenvalue weighted by atomic mass is 19.4. The van der Waals surface area contributed by atoms with Crippen molar-refractivity contribution in [3.8, 4) is 0 Å². The molecule has 0 aromatic carbocycles. The molecule has 1 fully saturated rings. The van der Waals surface area contributed by atoms with Crippen LogP contribution in [0.5, 0.6) is 0 Å². The van der Waals surface area contributed by atoms with Crippen LogP contribution in [0.4, 0.5) is 22.0 Å². The van der Waals surface area contributed by atoms with Crippen LogP contribution in [0.15, 0.2) is 0 Å². The molecule has 1 aliphatic rings. The summed E-state index contributed by atoms with van der Waals surface area (Å²) in [5.74, 6) is -4.79. The van der Waals surface area contributed by atoms with Crippen molar-refractivity contribution in [2.24, 2.45) is 5.41 Å². The number of halogens is 5. The second-order valence-electron chi connectivity index (χ2n) is 3.72. The Morgan fingerprint density at radius 1 is 1.00 bits per heavy atom. The van der Waals surface area contributed by atoms with Crippen molar-refractivity contribution in [3.63, 3.8) is 0 Å². The minimum Gasteiger partial charge on any atom is -0.396 e. The minimum atomic E-state index is -5.57. The Morgan fingerprint density at radius 2 is 1.43 bits per heavy atom. The van der Waals surface area contributed by atoms with Crippen LogP contribution < -0.4 is 0 Å².